The second-order valence-electron chi connectivity index (χ2n) is 7.28. The van der Waals surface area contributed by atoms with Gasteiger partial charge in [-0.1, -0.05) is 6.07 Å². The summed E-state index contributed by atoms with van der Waals surface area (Å²) in [5.41, 5.74) is 1.52. The quantitative estimate of drug-likeness (QED) is 0.598. The third kappa shape index (κ3) is 4.03. The molecule has 0 spiro atoms. The van der Waals surface area contributed by atoms with E-state index < -0.39 is 10.0 Å². The molecule has 10 heteroatoms. The number of rotatable bonds is 5. The van der Waals surface area contributed by atoms with E-state index in [1.54, 1.807) is 47.4 Å². The van der Waals surface area contributed by atoms with Crippen LogP contribution in [-0.2, 0) is 10.0 Å². The van der Waals surface area contributed by atoms with Crippen molar-refractivity contribution in [2.45, 2.75) is 24.8 Å². The summed E-state index contributed by atoms with van der Waals surface area (Å²) in [4.78, 5) is 14.6. The fourth-order valence-corrected chi connectivity index (χ4v) is 5.57. The summed E-state index contributed by atoms with van der Waals surface area (Å²) in [6, 6.07) is 12.0. The molecule has 1 aliphatic rings. The Bertz CT molecular complexity index is 1150. The monoisotopic (exact) mass is 446 g/mol. The fraction of sp³-hybridized carbons (Fsp3) is 0.350. The molecular formula is C20H22N4O4S2. The van der Waals surface area contributed by atoms with E-state index in [4.69, 9.17) is 4.74 Å². The second kappa shape index (κ2) is 8.29. The molecule has 0 radical (unpaired) electrons. The van der Waals surface area contributed by atoms with Crippen LogP contribution in [0.25, 0.3) is 11.0 Å². The molecular weight excluding hydrogens is 424 g/mol. The van der Waals surface area contributed by atoms with Gasteiger partial charge in [0.15, 0.2) is 0 Å². The van der Waals surface area contributed by atoms with Crippen LogP contribution < -0.4 is 4.74 Å². The van der Waals surface area contributed by atoms with Crippen LogP contribution in [-0.4, -0.2) is 64.6 Å². The van der Waals surface area contributed by atoms with Gasteiger partial charge < -0.3 is 9.64 Å². The van der Waals surface area contributed by atoms with Crippen molar-refractivity contribution in [2.75, 3.05) is 26.2 Å². The lowest BCUT2D eigenvalue weighted by Gasteiger charge is -2.34. The van der Waals surface area contributed by atoms with Gasteiger partial charge in [0, 0.05) is 31.7 Å². The first-order valence-electron chi connectivity index (χ1n) is 9.63. The van der Waals surface area contributed by atoms with Crippen molar-refractivity contribution in [3.8, 4) is 5.75 Å². The maximum Gasteiger partial charge on any atom is 0.253 e. The zero-order valence-electron chi connectivity index (χ0n) is 16.7. The Kier molecular flexibility index (Phi) is 5.72. The molecule has 0 bridgehead atoms. The number of carbonyl (C=O) groups is 1. The first-order valence-corrected chi connectivity index (χ1v) is 11.8. The van der Waals surface area contributed by atoms with Gasteiger partial charge in [-0.2, -0.15) is 13.1 Å². The maximum atomic E-state index is 13.1. The first-order chi connectivity index (χ1) is 14.4. The second-order valence-corrected chi connectivity index (χ2v) is 9.71. The van der Waals surface area contributed by atoms with Crippen molar-refractivity contribution in [1.29, 1.82) is 0 Å². The van der Waals surface area contributed by atoms with E-state index in [9.17, 15) is 13.2 Å². The number of aromatic nitrogens is 2. The molecule has 0 unspecified atom stereocenters. The predicted octanol–water partition coefficient (Wildman–Crippen LogP) is 2.63. The molecule has 0 atom stereocenters. The van der Waals surface area contributed by atoms with Crippen LogP contribution in [0, 0.1) is 0 Å². The van der Waals surface area contributed by atoms with Gasteiger partial charge in [0.05, 0.1) is 17.8 Å². The zero-order chi connectivity index (χ0) is 21.3. The lowest BCUT2D eigenvalue weighted by molar-refractivity contribution is 0.0698. The van der Waals surface area contributed by atoms with Crippen molar-refractivity contribution in [3.05, 3.63) is 48.0 Å². The van der Waals surface area contributed by atoms with Gasteiger partial charge in [0.2, 0.25) is 10.0 Å². The van der Waals surface area contributed by atoms with E-state index in [0.29, 0.717) is 35.4 Å². The third-order valence-electron chi connectivity index (χ3n) is 4.87. The van der Waals surface area contributed by atoms with E-state index in [1.165, 1.54) is 4.31 Å². The molecule has 4 rings (SSSR count). The average Bonchev–Trinajstić information content (AvgIpc) is 3.22. The fourth-order valence-electron chi connectivity index (χ4n) is 3.39. The van der Waals surface area contributed by atoms with Crippen LogP contribution in [0.15, 0.2) is 47.4 Å². The van der Waals surface area contributed by atoms with Crippen molar-refractivity contribution in [1.82, 2.24) is 18.0 Å². The highest BCUT2D eigenvalue weighted by molar-refractivity contribution is 7.89. The minimum atomic E-state index is -3.71. The number of piperazine rings is 1. The third-order valence-corrected chi connectivity index (χ3v) is 7.34. The molecule has 2 heterocycles. The zero-order valence-corrected chi connectivity index (χ0v) is 18.3. The number of carbonyl (C=O) groups excluding carboxylic acids is 1. The number of sulfonamides is 1. The van der Waals surface area contributed by atoms with E-state index in [2.05, 4.69) is 8.75 Å². The summed E-state index contributed by atoms with van der Waals surface area (Å²) in [5.74, 6) is 0.595. The molecule has 0 aliphatic carbocycles. The first kappa shape index (κ1) is 20.7. The van der Waals surface area contributed by atoms with Gasteiger partial charge in [0.25, 0.3) is 5.91 Å². The summed E-state index contributed by atoms with van der Waals surface area (Å²) in [5, 5.41) is 0. The van der Waals surface area contributed by atoms with Gasteiger partial charge in [-0.05, 0) is 50.2 Å². The highest BCUT2D eigenvalue weighted by Crippen LogP contribution is 2.25. The molecule has 8 nitrogen and oxygen atoms in total. The summed E-state index contributed by atoms with van der Waals surface area (Å²) in [6.07, 6.45) is 0.0625. The van der Waals surface area contributed by atoms with Crippen LogP contribution in [0.2, 0.25) is 0 Å². The Labute approximate surface area is 179 Å². The van der Waals surface area contributed by atoms with Gasteiger partial charge >= 0.3 is 0 Å². The Morgan fingerprint density at radius 1 is 1.03 bits per heavy atom. The van der Waals surface area contributed by atoms with E-state index in [0.717, 1.165) is 11.7 Å². The molecule has 1 amide bonds. The van der Waals surface area contributed by atoms with Gasteiger partial charge in [-0.3, -0.25) is 4.79 Å². The van der Waals surface area contributed by atoms with Crippen LogP contribution >= 0.6 is 11.7 Å². The van der Waals surface area contributed by atoms with Crippen LogP contribution in [0.3, 0.4) is 0 Å². The normalized spacial score (nSPS) is 15.6. The van der Waals surface area contributed by atoms with Gasteiger partial charge in [-0.25, -0.2) is 8.42 Å². The molecule has 1 aromatic heterocycles. The molecule has 158 valence electrons. The molecule has 1 fully saturated rings. The topological polar surface area (TPSA) is 92.7 Å². The Morgan fingerprint density at radius 2 is 1.73 bits per heavy atom. The lowest BCUT2D eigenvalue weighted by Crippen LogP contribution is -2.50. The van der Waals surface area contributed by atoms with Crippen molar-refractivity contribution >= 4 is 38.7 Å². The summed E-state index contributed by atoms with van der Waals surface area (Å²) < 4.78 is 41.5. The molecule has 0 N–H and O–H groups in total. The number of benzene rings is 2. The van der Waals surface area contributed by atoms with Crippen LogP contribution in [0.5, 0.6) is 5.75 Å². The maximum absolute atomic E-state index is 13.1. The molecule has 30 heavy (non-hydrogen) atoms. The van der Waals surface area contributed by atoms with Gasteiger partial charge in [0.1, 0.15) is 21.7 Å². The number of amides is 1. The van der Waals surface area contributed by atoms with Crippen molar-refractivity contribution in [3.63, 3.8) is 0 Å². The average molecular weight is 447 g/mol. The highest BCUT2D eigenvalue weighted by atomic mass is 32.2. The number of ether oxygens (including phenoxy) is 1. The van der Waals surface area contributed by atoms with Crippen LogP contribution in [0.4, 0.5) is 0 Å². The Balaban J connectivity index is 1.44. The number of nitrogens with zero attached hydrogens (tertiary/aromatic N) is 4. The lowest BCUT2D eigenvalue weighted by atomic mass is 10.2. The SMILES string of the molecule is CC(C)Oc1ccc(C(=O)N2CCN(S(=O)(=O)c3cccc4nsnc34)CC2)cc1. The number of fused-ring (bicyclic) bond motifs is 1. The Morgan fingerprint density at radius 3 is 2.40 bits per heavy atom. The molecule has 0 saturated carbocycles. The molecule has 2 aromatic carbocycles. The number of hydrogen-bond acceptors (Lipinski definition) is 7. The smallest absolute Gasteiger partial charge is 0.253 e. The summed E-state index contributed by atoms with van der Waals surface area (Å²) in [6.45, 7) is 5.00. The van der Waals surface area contributed by atoms with E-state index >= 15 is 0 Å². The predicted molar refractivity (Wildman–Crippen MR) is 114 cm³/mol. The highest BCUT2D eigenvalue weighted by Gasteiger charge is 2.32. The molecule has 1 aliphatic heterocycles. The van der Waals surface area contributed by atoms with Crippen LogP contribution in [0.1, 0.15) is 24.2 Å². The van der Waals surface area contributed by atoms with Gasteiger partial charge in [-0.15, -0.1) is 0 Å². The minimum absolute atomic E-state index is 0.0625. The standard InChI is InChI=1S/C20H22N4O4S2/c1-14(2)28-16-8-6-15(7-9-16)20(25)23-10-12-24(13-11-23)30(26,27)18-5-3-4-17-19(18)22-29-21-17/h3-9,14H,10-13H2,1-2H3. The number of hydrogen-bond donors (Lipinski definition) is 0. The van der Waals surface area contributed by atoms with Crippen molar-refractivity contribution in [2.24, 2.45) is 0 Å². The largest absolute Gasteiger partial charge is 0.491 e. The summed E-state index contributed by atoms with van der Waals surface area (Å²) in [7, 11) is -3.71. The molecule has 1 saturated heterocycles. The summed E-state index contributed by atoms with van der Waals surface area (Å²) >= 11 is 0.991. The Hall–Kier alpha value is -2.56. The molecule has 3 aromatic rings. The van der Waals surface area contributed by atoms with E-state index in [-0.39, 0.29) is 30.0 Å². The van der Waals surface area contributed by atoms with Crippen molar-refractivity contribution < 1.29 is 17.9 Å². The van der Waals surface area contributed by atoms with E-state index in [1.807, 2.05) is 13.8 Å². The minimum Gasteiger partial charge on any atom is -0.491 e.